The van der Waals surface area contributed by atoms with Crippen LogP contribution in [0.4, 0.5) is 22.0 Å². The quantitative estimate of drug-likeness (QED) is 0.441. The molecule has 2 aliphatic heterocycles. The second-order valence-corrected chi connectivity index (χ2v) is 8.25. The number of halogens is 5. The van der Waals surface area contributed by atoms with Gasteiger partial charge in [0.25, 0.3) is 0 Å². The minimum atomic E-state index is -2.18. The van der Waals surface area contributed by atoms with Crippen LogP contribution in [-0.4, -0.2) is 27.7 Å². The van der Waals surface area contributed by atoms with E-state index in [9.17, 15) is 27.1 Å². The van der Waals surface area contributed by atoms with Crippen molar-refractivity contribution in [3.05, 3.63) is 70.5 Å². The average Bonchev–Trinajstić information content (AvgIpc) is 2.70. The summed E-state index contributed by atoms with van der Waals surface area (Å²) in [6, 6.07) is 9.87. The smallest absolute Gasteiger partial charge is 0.200 e. The Balaban J connectivity index is 1.58. The van der Waals surface area contributed by atoms with Crippen LogP contribution >= 0.6 is 0 Å². The maximum atomic E-state index is 14.1. The predicted octanol–water partition coefficient (Wildman–Crippen LogP) is 4.87. The van der Waals surface area contributed by atoms with Gasteiger partial charge in [-0.3, -0.25) is 4.90 Å². The lowest BCUT2D eigenvalue weighted by Gasteiger charge is -2.52. The van der Waals surface area contributed by atoms with Crippen molar-refractivity contribution in [2.45, 2.75) is 62.8 Å². The van der Waals surface area contributed by atoms with Crippen molar-refractivity contribution in [1.82, 2.24) is 4.90 Å². The van der Waals surface area contributed by atoms with Crippen LogP contribution in [0.15, 0.2) is 30.3 Å². The summed E-state index contributed by atoms with van der Waals surface area (Å²) in [5.41, 5.74) is -1.31. The van der Waals surface area contributed by atoms with Crippen molar-refractivity contribution in [2.24, 2.45) is 0 Å². The second kappa shape index (κ2) is 7.69. The Kier molecular flexibility index (Phi) is 5.38. The van der Waals surface area contributed by atoms with Crippen molar-refractivity contribution < 1.29 is 27.1 Å². The molecule has 0 amide bonds. The molecule has 0 aliphatic carbocycles. The van der Waals surface area contributed by atoms with Crippen LogP contribution in [0.3, 0.4) is 0 Å². The van der Waals surface area contributed by atoms with E-state index < -0.39 is 46.7 Å². The van der Waals surface area contributed by atoms with E-state index in [0.29, 0.717) is 6.54 Å². The van der Waals surface area contributed by atoms with E-state index in [1.54, 1.807) is 0 Å². The molecular formula is C22H22F5NO. The van der Waals surface area contributed by atoms with Gasteiger partial charge in [-0.25, -0.2) is 22.0 Å². The Morgan fingerprint density at radius 1 is 0.828 bits per heavy atom. The highest BCUT2D eigenvalue weighted by atomic mass is 19.2. The molecule has 2 bridgehead atoms. The van der Waals surface area contributed by atoms with Crippen molar-refractivity contribution in [1.29, 1.82) is 0 Å². The van der Waals surface area contributed by atoms with E-state index in [0.717, 1.165) is 24.8 Å². The fourth-order valence-electron chi connectivity index (χ4n) is 4.95. The van der Waals surface area contributed by atoms with Gasteiger partial charge in [-0.1, -0.05) is 36.8 Å². The monoisotopic (exact) mass is 411 g/mol. The number of hydrogen-bond acceptors (Lipinski definition) is 2. The first-order valence-corrected chi connectivity index (χ1v) is 9.81. The molecule has 0 spiro atoms. The molecule has 1 N–H and O–H groups in total. The van der Waals surface area contributed by atoms with E-state index in [2.05, 4.69) is 4.90 Å². The zero-order valence-corrected chi connectivity index (χ0v) is 15.8. The molecule has 7 heteroatoms. The first kappa shape index (κ1) is 20.3. The number of fused-ring (bicyclic) bond motifs is 2. The summed E-state index contributed by atoms with van der Waals surface area (Å²) in [5, 5.41) is 11.1. The first-order chi connectivity index (χ1) is 13.8. The third-order valence-corrected chi connectivity index (χ3v) is 6.26. The molecule has 2 unspecified atom stereocenters. The molecule has 0 aromatic heterocycles. The fraction of sp³-hybridized carbons (Fsp3) is 0.455. The van der Waals surface area contributed by atoms with Crippen LogP contribution in [0.2, 0.25) is 0 Å². The first-order valence-electron chi connectivity index (χ1n) is 9.81. The molecule has 156 valence electrons. The normalized spacial score (nSPS) is 27.2. The zero-order valence-electron chi connectivity index (χ0n) is 15.8. The van der Waals surface area contributed by atoms with Crippen LogP contribution < -0.4 is 0 Å². The molecule has 2 aromatic rings. The lowest BCUT2D eigenvalue weighted by atomic mass is 9.73. The summed E-state index contributed by atoms with van der Waals surface area (Å²) < 4.78 is 68.7. The molecule has 2 fully saturated rings. The largest absolute Gasteiger partial charge is 0.389 e. The van der Waals surface area contributed by atoms with Gasteiger partial charge in [-0.2, -0.15) is 0 Å². The van der Waals surface area contributed by atoms with E-state index in [4.69, 9.17) is 0 Å². The Bertz CT molecular complexity index is 861. The highest BCUT2D eigenvalue weighted by Crippen LogP contribution is 2.42. The molecule has 2 aromatic carbocycles. The van der Waals surface area contributed by atoms with Gasteiger partial charge in [0.15, 0.2) is 23.3 Å². The molecule has 29 heavy (non-hydrogen) atoms. The van der Waals surface area contributed by atoms with Gasteiger partial charge in [0.2, 0.25) is 5.82 Å². The van der Waals surface area contributed by atoms with Crippen LogP contribution in [0.1, 0.15) is 43.2 Å². The van der Waals surface area contributed by atoms with Crippen molar-refractivity contribution in [2.75, 3.05) is 0 Å². The van der Waals surface area contributed by atoms with Crippen LogP contribution in [0, 0.1) is 29.1 Å². The SMILES string of the molecule is OC1(Cc2c(F)c(F)c(F)c(F)c2F)CC2CCCC(C1)N2Cc1ccccc1. The summed E-state index contributed by atoms with van der Waals surface area (Å²) in [6.45, 7) is 0.703. The molecule has 2 heterocycles. The molecule has 2 nitrogen and oxygen atoms in total. The molecule has 2 atom stereocenters. The molecule has 0 saturated carbocycles. The number of hydrogen-bond donors (Lipinski definition) is 1. The zero-order chi connectivity index (χ0) is 20.8. The number of rotatable bonds is 4. The summed E-state index contributed by atoms with van der Waals surface area (Å²) in [4.78, 5) is 2.30. The number of nitrogens with zero attached hydrogens (tertiary/aromatic N) is 1. The second-order valence-electron chi connectivity index (χ2n) is 8.25. The molecule has 4 rings (SSSR count). The Morgan fingerprint density at radius 3 is 1.90 bits per heavy atom. The average molecular weight is 411 g/mol. The van der Waals surface area contributed by atoms with Gasteiger partial charge in [0.05, 0.1) is 5.60 Å². The Labute approximate surface area is 166 Å². The van der Waals surface area contributed by atoms with Gasteiger partial charge in [-0.15, -0.1) is 0 Å². The van der Waals surface area contributed by atoms with E-state index in [1.807, 2.05) is 30.3 Å². The minimum Gasteiger partial charge on any atom is -0.389 e. The number of aliphatic hydroxyl groups is 1. The molecule has 0 radical (unpaired) electrons. The third-order valence-electron chi connectivity index (χ3n) is 6.26. The van der Waals surface area contributed by atoms with E-state index in [1.165, 1.54) is 0 Å². The van der Waals surface area contributed by atoms with E-state index >= 15 is 0 Å². The van der Waals surface area contributed by atoms with E-state index in [-0.39, 0.29) is 24.9 Å². The summed E-state index contributed by atoms with van der Waals surface area (Å²) in [5.74, 6) is -9.82. The molecular weight excluding hydrogens is 389 g/mol. The van der Waals surface area contributed by atoms with Gasteiger partial charge < -0.3 is 5.11 Å². The topological polar surface area (TPSA) is 23.5 Å². The fourth-order valence-corrected chi connectivity index (χ4v) is 4.95. The Hall–Kier alpha value is -1.99. The summed E-state index contributed by atoms with van der Waals surface area (Å²) in [6.07, 6.45) is 2.50. The predicted molar refractivity (Wildman–Crippen MR) is 97.5 cm³/mol. The molecule has 2 aliphatic rings. The van der Waals surface area contributed by atoms with Crippen molar-refractivity contribution in [3.8, 4) is 0 Å². The van der Waals surface area contributed by atoms with Crippen LogP contribution in [-0.2, 0) is 13.0 Å². The summed E-state index contributed by atoms with van der Waals surface area (Å²) >= 11 is 0. The lowest BCUT2D eigenvalue weighted by Crippen LogP contribution is -2.58. The lowest BCUT2D eigenvalue weighted by molar-refractivity contribution is -0.0954. The Morgan fingerprint density at radius 2 is 1.34 bits per heavy atom. The van der Waals surface area contributed by atoms with Crippen LogP contribution in [0.25, 0.3) is 0 Å². The highest BCUT2D eigenvalue weighted by molar-refractivity contribution is 5.26. The van der Waals surface area contributed by atoms with Gasteiger partial charge in [0.1, 0.15) is 0 Å². The summed E-state index contributed by atoms with van der Waals surface area (Å²) in [7, 11) is 0. The van der Waals surface area contributed by atoms with Gasteiger partial charge in [-0.05, 0) is 31.2 Å². The van der Waals surface area contributed by atoms with Crippen LogP contribution in [0.5, 0.6) is 0 Å². The molecule has 2 saturated heterocycles. The van der Waals surface area contributed by atoms with Gasteiger partial charge >= 0.3 is 0 Å². The number of piperidine rings is 2. The number of benzene rings is 2. The maximum absolute atomic E-state index is 14.1. The van der Waals surface area contributed by atoms with Crippen molar-refractivity contribution >= 4 is 0 Å². The minimum absolute atomic E-state index is 0.00558. The third kappa shape index (κ3) is 3.78. The highest BCUT2D eigenvalue weighted by Gasteiger charge is 2.46. The maximum Gasteiger partial charge on any atom is 0.200 e. The van der Waals surface area contributed by atoms with Crippen molar-refractivity contribution in [3.63, 3.8) is 0 Å². The standard InChI is InChI=1S/C22H22F5NO/c23-17-16(18(24)20(26)21(27)19(17)25)11-22(29)9-14-7-4-8-15(10-22)28(14)12-13-5-2-1-3-6-13/h1-3,5-6,14-15,29H,4,7-12H2. The van der Waals surface area contributed by atoms with Gasteiger partial charge in [0, 0.05) is 30.6 Å².